The highest BCUT2D eigenvalue weighted by atomic mass is 32.2. The van der Waals surface area contributed by atoms with E-state index in [1.54, 1.807) is 32.0 Å². The fraction of sp³-hybridized carbons (Fsp3) is 0.143. The van der Waals surface area contributed by atoms with Gasteiger partial charge in [-0.05, 0) is 49.2 Å². The standard InChI is InChI=1S/C14H14N4O2S/c1-9-7-12(10(2)6-11(9)16)18-21(19,20)14-4-3-5-17-13(14)8-15/h3-7,18H,16H2,1-2H3. The molecule has 0 saturated carbocycles. The molecule has 0 saturated heterocycles. The molecule has 0 unspecified atom stereocenters. The number of hydrogen-bond acceptors (Lipinski definition) is 5. The molecule has 1 aromatic carbocycles. The minimum atomic E-state index is -3.88. The summed E-state index contributed by atoms with van der Waals surface area (Å²) in [4.78, 5) is 3.61. The summed E-state index contributed by atoms with van der Waals surface area (Å²) in [6, 6.07) is 7.94. The zero-order chi connectivity index (χ0) is 15.6. The van der Waals surface area contributed by atoms with Gasteiger partial charge < -0.3 is 5.73 Å². The zero-order valence-electron chi connectivity index (χ0n) is 11.6. The van der Waals surface area contributed by atoms with Gasteiger partial charge in [-0.2, -0.15) is 5.26 Å². The molecule has 7 heteroatoms. The Bertz CT molecular complexity index is 839. The monoisotopic (exact) mass is 302 g/mol. The van der Waals surface area contributed by atoms with Gasteiger partial charge in [-0.1, -0.05) is 0 Å². The number of nitrogens with one attached hydrogen (secondary N) is 1. The first-order chi connectivity index (χ1) is 9.85. The van der Waals surface area contributed by atoms with Gasteiger partial charge in [0.1, 0.15) is 11.0 Å². The SMILES string of the molecule is Cc1cc(NS(=O)(=O)c2cccnc2C#N)c(C)cc1N. The lowest BCUT2D eigenvalue weighted by atomic mass is 10.1. The number of nitriles is 1. The first-order valence-electron chi connectivity index (χ1n) is 6.10. The molecule has 0 amide bonds. The summed E-state index contributed by atoms with van der Waals surface area (Å²) in [5, 5.41) is 8.96. The molecule has 21 heavy (non-hydrogen) atoms. The van der Waals surface area contributed by atoms with Gasteiger partial charge in [0, 0.05) is 11.9 Å². The Hall–Kier alpha value is -2.59. The summed E-state index contributed by atoms with van der Waals surface area (Å²) in [6.45, 7) is 3.54. The normalized spacial score (nSPS) is 10.9. The molecule has 0 aliphatic carbocycles. The van der Waals surface area contributed by atoms with Crippen molar-refractivity contribution in [3.63, 3.8) is 0 Å². The summed E-state index contributed by atoms with van der Waals surface area (Å²) in [5.41, 5.74) is 8.12. The van der Waals surface area contributed by atoms with Crippen molar-refractivity contribution in [2.45, 2.75) is 18.7 Å². The number of sulfonamides is 1. The summed E-state index contributed by atoms with van der Waals surface area (Å²) in [6.07, 6.45) is 1.37. The van der Waals surface area contributed by atoms with Crippen LogP contribution in [0.15, 0.2) is 35.4 Å². The molecule has 108 valence electrons. The van der Waals surface area contributed by atoms with Crippen LogP contribution in [0.5, 0.6) is 0 Å². The number of rotatable bonds is 3. The van der Waals surface area contributed by atoms with E-state index in [4.69, 9.17) is 11.0 Å². The van der Waals surface area contributed by atoms with E-state index in [0.29, 0.717) is 16.9 Å². The predicted molar refractivity (Wildman–Crippen MR) is 80.1 cm³/mol. The lowest BCUT2D eigenvalue weighted by Gasteiger charge is -2.13. The molecule has 0 bridgehead atoms. The first kappa shape index (κ1) is 14.8. The van der Waals surface area contributed by atoms with Crippen LogP contribution in [-0.4, -0.2) is 13.4 Å². The molecule has 6 nitrogen and oxygen atoms in total. The van der Waals surface area contributed by atoms with E-state index < -0.39 is 10.0 Å². The van der Waals surface area contributed by atoms with E-state index in [1.807, 2.05) is 0 Å². The maximum atomic E-state index is 12.4. The highest BCUT2D eigenvalue weighted by Crippen LogP contribution is 2.25. The fourth-order valence-electron chi connectivity index (χ4n) is 1.84. The Balaban J connectivity index is 2.48. The Morgan fingerprint density at radius 1 is 1.29 bits per heavy atom. The van der Waals surface area contributed by atoms with E-state index >= 15 is 0 Å². The van der Waals surface area contributed by atoms with Crippen LogP contribution in [0.3, 0.4) is 0 Å². The van der Waals surface area contributed by atoms with E-state index in [-0.39, 0.29) is 10.6 Å². The third kappa shape index (κ3) is 2.95. The van der Waals surface area contributed by atoms with Crippen LogP contribution >= 0.6 is 0 Å². The first-order valence-corrected chi connectivity index (χ1v) is 7.58. The average Bonchev–Trinajstić information content (AvgIpc) is 2.44. The number of hydrogen-bond donors (Lipinski definition) is 2. The number of benzene rings is 1. The van der Waals surface area contributed by atoms with Gasteiger partial charge in [0.2, 0.25) is 0 Å². The van der Waals surface area contributed by atoms with Crippen LogP contribution in [-0.2, 0) is 10.0 Å². The van der Waals surface area contributed by atoms with Crippen LogP contribution < -0.4 is 10.5 Å². The van der Waals surface area contributed by atoms with E-state index in [9.17, 15) is 8.42 Å². The molecule has 0 radical (unpaired) electrons. The largest absolute Gasteiger partial charge is 0.399 e. The van der Waals surface area contributed by atoms with Crippen molar-refractivity contribution in [2.75, 3.05) is 10.5 Å². The van der Waals surface area contributed by atoms with Gasteiger partial charge in [0.05, 0.1) is 5.69 Å². The van der Waals surface area contributed by atoms with Crippen molar-refractivity contribution in [3.8, 4) is 6.07 Å². The van der Waals surface area contributed by atoms with Crippen molar-refractivity contribution in [1.82, 2.24) is 4.98 Å². The molecule has 0 atom stereocenters. The van der Waals surface area contributed by atoms with E-state index in [0.717, 1.165) is 5.56 Å². The van der Waals surface area contributed by atoms with Crippen LogP contribution in [0, 0.1) is 25.2 Å². The Morgan fingerprint density at radius 2 is 2.00 bits per heavy atom. The minimum Gasteiger partial charge on any atom is -0.399 e. The highest BCUT2D eigenvalue weighted by Gasteiger charge is 2.20. The molecule has 1 aromatic heterocycles. The Kier molecular flexibility index (Phi) is 3.82. The second kappa shape index (κ2) is 5.42. The molecule has 0 aliphatic heterocycles. The van der Waals surface area contributed by atoms with Crippen LogP contribution in [0.25, 0.3) is 0 Å². The van der Waals surface area contributed by atoms with Gasteiger partial charge in [0.25, 0.3) is 10.0 Å². The van der Waals surface area contributed by atoms with Crippen LogP contribution in [0.1, 0.15) is 16.8 Å². The van der Waals surface area contributed by atoms with Gasteiger partial charge in [0.15, 0.2) is 5.69 Å². The van der Waals surface area contributed by atoms with Crippen molar-refractivity contribution < 1.29 is 8.42 Å². The molecular weight excluding hydrogens is 288 g/mol. The summed E-state index contributed by atoms with van der Waals surface area (Å²) >= 11 is 0. The molecule has 0 spiro atoms. The number of nitrogens with zero attached hydrogens (tertiary/aromatic N) is 2. The van der Waals surface area contributed by atoms with Gasteiger partial charge in [-0.3, -0.25) is 4.72 Å². The number of aromatic nitrogens is 1. The highest BCUT2D eigenvalue weighted by molar-refractivity contribution is 7.92. The lowest BCUT2D eigenvalue weighted by Crippen LogP contribution is -2.16. The zero-order valence-corrected chi connectivity index (χ0v) is 12.4. The molecule has 2 aromatic rings. The maximum Gasteiger partial charge on any atom is 0.264 e. The number of anilines is 2. The van der Waals surface area contributed by atoms with Gasteiger partial charge >= 0.3 is 0 Å². The molecule has 1 heterocycles. The van der Waals surface area contributed by atoms with Crippen molar-refractivity contribution >= 4 is 21.4 Å². The molecule has 0 aliphatic rings. The van der Waals surface area contributed by atoms with Crippen LogP contribution in [0.2, 0.25) is 0 Å². The third-order valence-electron chi connectivity index (χ3n) is 3.02. The smallest absolute Gasteiger partial charge is 0.264 e. The molecule has 0 fully saturated rings. The minimum absolute atomic E-state index is 0.144. The number of nitrogens with two attached hydrogens (primary N) is 1. The quantitative estimate of drug-likeness (QED) is 0.842. The number of nitrogen functional groups attached to an aromatic ring is 1. The van der Waals surface area contributed by atoms with Crippen molar-refractivity contribution in [2.24, 2.45) is 0 Å². The Labute approximate surface area is 123 Å². The van der Waals surface area contributed by atoms with Gasteiger partial charge in [-0.15, -0.1) is 0 Å². The second-order valence-electron chi connectivity index (χ2n) is 4.59. The number of aryl methyl sites for hydroxylation is 2. The molecular formula is C14H14N4O2S. The lowest BCUT2D eigenvalue weighted by molar-refractivity contribution is 0.600. The molecule has 2 rings (SSSR count). The maximum absolute atomic E-state index is 12.4. The molecule has 3 N–H and O–H groups in total. The second-order valence-corrected chi connectivity index (χ2v) is 6.24. The predicted octanol–water partition coefficient (Wildman–Crippen LogP) is 1.95. The van der Waals surface area contributed by atoms with E-state index in [2.05, 4.69) is 9.71 Å². The van der Waals surface area contributed by atoms with Crippen LogP contribution in [0.4, 0.5) is 11.4 Å². The summed E-state index contributed by atoms with van der Waals surface area (Å²) in [7, 11) is -3.88. The summed E-state index contributed by atoms with van der Waals surface area (Å²) < 4.78 is 27.3. The Morgan fingerprint density at radius 3 is 2.67 bits per heavy atom. The third-order valence-corrected chi connectivity index (χ3v) is 4.42. The number of pyridine rings is 1. The van der Waals surface area contributed by atoms with Crippen molar-refractivity contribution in [1.29, 1.82) is 5.26 Å². The van der Waals surface area contributed by atoms with Gasteiger partial charge in [-0.25, -0.2) is 13.4 Å². The van der Waals surface area contributed by atoms with Crippen molar-refractivity contribution in [3.05, 3.63) is 47.3 Å². The fourth-order valence-corrected chi connectivity index (χ4v) is 3.07. The summed E-state index contributed by atoms with van der Waals surface area (Å²) in [5.74, 6) is 0. The topological polar surface area (TPSA) is 109 Å². The van der Waals surface area contributed by atoms with E-state index in [1.165, 1.54) is 18.3 Å². The average molecular weight is 302 g/mol.